The summed E-state index contributed by atoms with van der Waals surface area (Å²) in [7, 11) is 0. The average molecular weight is 276 g/mol. The van der Waals surface area contributed by atoms with E-state index in [1.165, 1.54) is 6.07 Å². The van der Waals surface area contributed by atoms with Crippen molar-refractivity contribution in [2.24, 2.45) is 5.92 Å². The number of rotatable bonds is 3. The van der Waals surface area contributed by atoms with Crippen LogP contribution < -0.4 is 0 Å². The lowest BCUT2D eigenvalue weighted by atomic mass is 9.81. The van der Waals surface area contributed by atoms with Gasteiger partial charge in [0.15, 0.2) is 0 Å². The van der Waals surface area contributed by atoms with Gasteiger partial charge in [0.05, 0.1) is 6.10 Å². The van der Waals surface area contributed by atoms with Crippen molar-refractivity contribution in [3.63, 3.8) is 0 Å². The third-order valence-electron chi connectivity index (χ3n) is 3.78. The topological polar surface area (TPSA) is 20.2 Å². The van der Waals surface area contributed by atoms with Crippen molar-refractivity contribution >= 4 is 0 Å². The highest BCUT2D eigenvalue weighted by Crippen LogP contribution is 2.38. The number of aliphatic hydroxyl groups excluding tert-OH is 1. The minimum Gasteiger partial charge on any atom is -0.392 e. The van der Waals surface area contributed by atoms with E-state index >= 15 is 0 Å². The molecule has 0 radical (unpaired) electrons. The van der Waals surface area contributed by atoms with Crippen LogP contribution in [0.2, 0.25) is 0 Å². The molecule has 1 nitrogen and oxygen atoms in total. The molecular formula is C14H16F4O. The molecule has 0 heterocycles. The Morgan fingerprint density at radius 3 is 2.21 bits per heavy atom. The molecule has 1 aromatic rings. The van der Waals surface area contributed by atoms with E-state index in [9.17, 15) is 22.7 Å². The number of benzene rings is 1. The number of aliphatic hydroxyl groups is 1. The third-order valence-corrected chi connectivity index (χ3v) is 3.78. The van der Waals surface area contributed by atoms with Crippen LogP contribution in [0.25, 0.3) is 0 Å². The zero-order valence-corrected chi connectivity index (χ0v) is 10.4. The Morgan fingerprint density at radius 1 is 1.16 bits per heavy atom. The number of halogens is 4. The maximum atomic E-state index is 13.4. The third kappa shape index (κ3) is 3.47. The summed E-state index contributed by atoms with van der Waals surface area (Å²) in [5.41, 5.74) is -0.174. The predicted molar refractivity (Wildman–Crippen MR) is 63.0 cm³/mol. The molecule has 1 fully saturated rings. The summed E-state index contributed by atoms with van der Waals surface area (Å²) in [4.78, 5) is 0. The van der Waals surface area contributed by atoms with Gasteiger partial charge in [-0.2, -0.15) is 0 Å². The summed E-state index contributed by atoms with van der Waals surface area (Å²) in [6.45, 7) is 0. The Kier molecular flexibility index (Phi) is 4.13. The summed E-state index contributed by atoms with van der Waals surface area (Å²) in [5, 5.41) is 9.97. The van der Waals surface area contributed by atoms with Gasteiger partial charge in [0.1, 0.15) is 11.6 Å². The molecule has 1 aromatic carbocycles. The van der Waals surface area contributed by atoms with E-state index in [-0.39, 0.29) is 43.6 Å². The van der Waals surface area contributed by atoms with E-state index in [1.54, 1.807) is 0 Å². The molecule has 0 aliphatic heterocycles. The summed E-state index contributed by atoms with van der Waals surface area (Å²) >= 11 is 0. The van der Waals surface area contributed by atoms with Crippen LogP contribution in [0.4, 0.5) is 17.6 Å². The molecule has 1 aliphatic rings. The molecule has 0 bridgehead atoms. The standard InChI is InChI=1S/C14H16F4O/c15-11-2-1-3-12(16)10(11)8-13(19)9-4-6-14(17,18)7-5-9/h1-3,9,13,19H,4-8H2. The van der Waals surface area contributed by atoms with Crippen LogP contribution >= 0.6 is 0 Å². The van der Waals surface area contributed by atoms with Gasteiger partial charge >= 0.3 is 0 Å². The molecule has 1 unspecified atom stereocenters. The van der Waals surface area contributed by atoms with Crippen molar-refractivity contribution in [1.29, 1.82) is 0 Å². The highest BCUT2D eigenvalue weighted by atomic mass is 19.3. The summed E-state index contributed by atoms with van der Waals surface area (Å²) in [6, 6.07) is 3.50. The first-order valence-electron chi connectivity index (χ1n) is 6.38. The molecule has 0 spiro atoms. The molecule has 106 valence electrons. The second kappa shape index (κ2) is 5.49. The van der Waals surface area contributed by atoms with E-state index in [0.29, 0.717) is 0 Å². The van der Waals surface area contributed by atoms with Gasteiger partial charge in [0.2, 0.25) is 5.92 Å². The van der Waals surface area contributed by atoms with Crippen molar-refractivity contribution in [1.82, 2.24) is 0 Å². The molecule has 1 atom stereocenters. The highest BCUT2D eigenvalue weighted by Gasteiger charge is 2.37. The summed E-state index contributed by atoms with van der Waals surface area (Å²) in [5.74, 6) is -4.40. The van der Waals surface area contributed by atoms with Crippen LogP contribution in [0, 0.1) is 17.6 Å². The number of hydrogen-bond acceptors (Lipinski definition) is 1. The summed E-state index contributed by atoms with van der Waals surface area (Å²) in [6.07, 6.45) is -1.32. The maximum absolute atomic E-state index is 13.4. The zero-order valence-electron chi connectivity index (χ0n) is 10.4. The van der Waals surface area contributed by atoms with Gasteiger partial charge in [-0.25, -0.2) is 17.6 Å². The molecule has 1 aliphatic carbocycles. The van der Waals surface area contributed by atoms with E-state index < -0.39 is 23.7 Å². The minimum absolute atomic E-state index is 0.172. The van der Waals surface area contributed by atoms with Gasteiger partial charge < -0.3 is 5.11 Å². The highest BCUT2D eigenvalue weighted by molar-refractivity contribution is 5.20. The van der Waals surface area contributed by atoms with Crippen LogP contribution in [-0.4, -0.2) is 17.1 Å². The lowest BCUT2D eigenvalue weighted by Gasteiger charge is -2.31. The second-order valence-electron chi connectivity index (χ2n) is 5.17. The Hall–Kier alpha value is -1.10. The fraction of sp³-hybridized carbons (Fsp3) is 0.571. The van der Waals surface area contributed by atoms with Crippen LogP contribution in [-0.2, 0) is 6.42 Å². The largest absolute Gasteiger partial charge is 0.392 e. The van der Waals surface area contributed by atoms with Crippen LogP contribution in [0.5, 0.6) is 0 Å². The average Bonchev–Trinajstić information content (AvgIpc) is 2.33. The smallest absolute Gasteiger partial charge is 0.248 e. The Morgan fingerprint density at radius 2 is 1.68 bits per heavy atom. The molecule has 1 N–H and O–H groups in total. The van der Waals surface area contributed by atoms with E-state index in [4.69, 9.17) is 0 Å². The van der Waals surface area contributed by atoms with Crippen LogP contribution in [0.1, 0.15) is 31.2 Å². The molecule has 0 amide bonds. The van der Waals surface area contributed by atoms with E-state index in [2.05, 4.69) is 0 Å². The van der Waals surface area contributed by atoms with E-state index in [0.717, 1.165) is 12.1 Å². The minimum atomic E-state index is -2.67. The van der Waals surface area contributed by atoms with Crippen molar-refractivity contribution in [3.05, 3.63) is 35.4 Å². The molecule has 1 saturated carbocycles. The Labute approximate surface area is 109 Å². The quantitative estimate of drug-likeness (QED) is 0.835. The van der Waals surface area contributed by atoms with Crippen molar-refractivity contribution in [2.45, 2.75) is 44.1 Å². The van der Waals surface area contributed by atoms with Gasteiger partial charge in [-0.1, -0.05) is 6.07 Å². The molecule has 0 saturated heterocycles. The zero-order chi connectivity index (χ0) is 14.0. The van der Waals surface area contributed by atoms with Crippen molar-refractivity contribution < 1.29 is 22.7 Å². The maximum Gasteiger partial charge on any atom is 0.248 e. The lowest BCUT2D eigenvalue weighted by Crippen LogP contribution is -2.32. The predicted octanol–water partition coefficient (Wildman–Crippen LogP) is 3.69. The van der Waals surface area contributed by atoms with Gasteiger partial charge in [-0.05, 0) is 30.9 Å². The van der Waals surface area contributed by atoms with Gasteiger partial charge in [0, 0.05) is 24.8 Å². The normalized spacial score (nSPS) is 21.3. The Balaban J connectivity index is 2.00. The van der Waals surface area contributed by atoms with Crippen LogP contribution in [0.3, 0.4) is 0 Å². The number of hydrogen-bond donors (Lipinski definition) is 1. The first-order valence-corrected chi connectivity index (χ1v) is 6.38. The molecule has 2 rings (SSSR count). The lowest BCUT2D eigenvalue weighted by molar-refractivity contribution is -0.0621. The SMILES string of the molecule is OC(Cc1c(F)cccc1F)C1CCC(F)(F)CC1. The van der Waals surface area contributed by atoms with Crippen LogP contribution in [0.15, 0.2) is 18.2 Å². The number of alkyl halides is 2. The second-order valence-corrected chi connectivity index (χ2v) is 5.17. The fourth-order valence-electron chi connectivity index (χ4n) is 2.55. The molecular weight excluding hydrogens is 260 g/mol. The first-order chi connectivity index (χ1) is 8.89. The Bertz CT molecular complexity index is 417. The fourth-order valence-corrected chi connectivity index (χ4v) is 2.55. The van der Waals surface area contributed by atoms with Crippen molar-refractivity contribution in [2.75, 3.05) is 0 Å². The molecule has 19 heavy (non-hydrogen) atoms. The summed E-state index contributed by atoms with van der Waals surface area (Å²) < 4.78 is 52.8. The van der Waals surface area contributed by atoms with Gasteiger partial charge in [-0.3, -0.25) is 0 Å². The van der Waals surface area contributed by atoms with Crippen molar-refractivity contribution in [3.8, 4) is 0 Å². The first kappa shape index (κ1) is 14.3. The van der Waals surface area contributed by atoms with Gasteiger partial charge in [-0.15, -0.1) is 0 Å². The monoisotopic (exact) mass is 276 g/mol. The molecule has 0 aromatic heterocycles. The molecule has 5 heteroatoms. The van der Waals surface area contributed by atoms with E-state index in [1.807, 2.05) is 0 Å². The van der Waals surface area contributed by atoms with Gasteiger partial charge in [0.25, 0.3) is 0 Å².